The molecule has 0 aliphatic heterocycles. The molecule has 35 heavy (non-hydrogen) atoms. The van der Waals surface area contributed by atoms with E-state index >= 15 is 0 Å². The van der Waals surface area contributed by atoms with Crippen molar-refractivity contribution in [1.29, 1.82) is 0 Å². The molecule has 3 aromatic carbocycles. The molecular formula is C26H23N5OS3. The van der Waals surface area contributed by atoms with Crippen LogP contribution in [0.2, 0.25) is 0 Å². The normalized spacial score (nSPS) is 11.1. The number of carbonyl (C=O) groups is 1. The van der Waals surface area contributed by atoms with Crippen LogP contribution < -0.4 is 10.6 Å². The molecule has 6 nitrogen and oxygen atoms in total. The summed E-state index contributed by atoms with van der Waals surface area (Å²) in [6.07, 6.45) is 0. The highest BCUT2D eigenvalue weighted by atomic mass is 32.2. The molecule has 0 radical (unpaired) electrons. The Morgan fingerprint density at radius 2 is 1.69 bits per heavy atom. The third kappa shape index (κ3) is 5.70. The Bertz CT molecular complexity index is 1510. The molecule has 2 heterocycles. The third-order valence-corrected chi connectivity index (χ3v) is 8.49. The van der Waals surface area contributed by atoms with Gasteiger partial charge in [0.2, 0.25) is 11.0 Å². The van der Waals surface area contributed by atoms with Gasteiger partial charge in [-0.15, -0.1) is 21.5 Å². The molecule has 1 amide bonds. The lowest BCUT2D eigenvalue weighted by molar-refractivity contribution is -0.113. The molecule has 0 spiro atoms. The molecule has 0 aliphatic carbocycles. The monoisotopic (exact) mass is 517 g/mol. The smallest absolute Gasteiger partial charge is 0.234 e. The number of hydrogen-bond donors (Lipinski definition) is 2. The van der Waals surface area contributed by atoms with Crippen LogP contribution in [0.5, 0.6) is 0 Å². The summed E-state index contributed by atoms with van der Waals surface area (Å²) >= 11 is 4.48. The van der Waals surface area contributed by atoms with Gasteiger partial charge in [0.25, 0.3) is 0 Å². The van der Waals surface area contributed by atoms with Crippen molar-refractivity contribution < 1.29 is 4.79 Å². The maximum Gasteiger partial charge on any atom is 0.234 e. The predicted octanol–water partition coefficient (Wildman–Crippen LogP) is 7.21. The maximum absolute atomic E-state index is 12.5. The largest absolute Gasteiger partial charge is 0.330 e. The zero-order valence-corrected chi connectivity index (χ0v) is 21.9. The van der Waals surface area contributed by atoms with E-state index in [-0.39, 0.29) is 11.7 Å². The summed E-state index contributed by atoms with van der Waals surface area (Å²) in [6.45, 7) is 6.25. The molecule has 0 aliphatic rings. The first-order valence-electron chi connectivity index (χ1n) is 11.0. The minimum Gasteiger partial charge on any atom is -0.330 e. The van der Waals surface area contributed by atoms with Crippen LogP contribution in [-0.2, 0) is 4.79 Å². The van der Waals surface area contributed by atoms with Crippen molar-refractivity contribution in [1.82, 2.24) is 15.2 Å². The highest BCUT2D eigenvalue weighted by molar-refractivity contribution is 8.01. The van der Waals surface area contributed by atoms with Crippen molar-refractivity contribution in [3.05, 3.63) is 77.4 Å². The van der Waals surface area contributed by atoms with Gasteiger partial charge in [0, 0.05) is 16.9 Å². The van der Waals surface area contributed by atoms with E-state index in [1.54, 1.807) is 11.3 Å². The number of nitrogens with one attached hydrogen (secondary N) is 2. The maximum atomic E-state index is 12.5. The first kappa shape index (κ1) is 23.5. The van der Waals surface area contributed by atoms with Gasteiger partial charge in [-0.1, -0.05) is 35.2 Å². The molecule has 5 rings (SSSR count). The highest BCUT2D eigenvalue weighted by Crippen LogP contribution is 2.32. The number of aryl methyl sites for hydroxylation is 3. The lowest BCUT2D eigenvalue weighted by Gasteiger charge is -2.05. The Morgan fingerprint density at radius 3 is 2.49 bits per heavy atom. The number of fused-ring (bicyclic) bond motifs is 1. The van der Waals surface area contributed by atoms with E-state index in [1.165, 1.54) is 44.5 Å². The van der Waals surface area contributed by atoms with E-state index in [9.17, 15) is 4.79 Å². The summed E-state index contributed by atoms with van der Waals surface area (Å²) < 4.78 is 1.92. The minimum absolute atomic E-state index is 0.0860. The van der Waals surface area contributed by atoms with Gasteiger partial charge in [-0.05, 0) is 86.0 Å². The van der Waals surface area contributed by atoms with Crippen LogP contribution in [0.25, 0.3) is 20.8 Å². The summed E-state index contributed by atoms with van der Waals surface area (Å²) in [5.74, 6) is 0.175. The average molecular weight is 518 g/mol. The molecule has 5 aromatic rings. The first-order chi connectivity index (χ1) is 16.9. The second-order valence-electron chi connectivity index (χ2n) is 8.20. The van der Waals surface area contributed by atoms with Crippen LogP contribution in [0.1, 0.15) is 16.7 Å². The molecular weight excluding hydrogens is 495 g/mol. The molecule has 0 fully saturated rings. The zero-order chi connectivity index (χ0) is 24.4. The van der Waals surface area contributed by atoms with Crippen LogP contribution in [0.4, 0.5) is 16.5 Å². The second kappa shape index (κ2) is 10.2. The summed E-state index contributed by atoms with van der Waals surface area (Å²) in [5, 5.41) is 16.3. The predicted molar refractivity (Wildman–Crippen MR) is 148 cm³/mol. The molecule has 0 unspecified atom stereocenters. The Morgan fingerprint density at radius 1 is 0.886 bits per heavy atom. The molecule has 0 bridgehead atoms. The Labute approximate surface area is 215 Å². The van der Waals surface area contributed by atoms with E-state index in [2.05, 4.69) is 71.9 Å². The second-order valence-corrected chi connectivity index (χ2v) is 11.4. The molecule has 0 atom stereocenters. The van der Waals surface area contributed by atoms with Crippen molar-refractivity contribution in [3.8, 4) is 10.6 Å². The van der Waals surface area contributed by atoms with E-state index in [0.717, 1.165) is 31.8 Å². The van der Waals surface area contributed by atoms with Gasteiger partial charge in [-0.3, -0.25) is 4.79 Å². The summed E-state index contributed by atoms with van der Waals surface area (Å²) in [6, 6.07) is 20.3. The number of anilines is 3. The number of aromatic nitrogens is 3. The lowest BCUT2D eigenvalue weighted by atomic mass is 10.1. The Balaban J connectivity index is 1.15. The average Bonchev–Trinajstić information content (AvgIpc) is 3.47. The summed E-state index contributed by atoms with van der Waals surface area (Å²) in [5.41, 5.74) is 7.47. The highest BCUT2D eigenvalue weighted by Gasteiger charge is 2.11. The molecule has 0 saturated heterocycles. The third-order valence-electron chi connectivity index (χ3n) is 5.45. The fourth-order valence-corrected chi connectivity index (χ4v) is 6.08. The van der Waals surface area contributed by atoms with E-state index in [1.807, 2.05) is 30.3 Å². The number of rotatable bonds is 7. The number of nitrogens with zero attached hydrogens (tertiary/aromatic N) is 3. The van der Waals surface area contributed by atoms with Crippen molar-refractivity contribution in [2.75, 3.05) is 16.4 Å². The quantitative estimate of drug-likeness (QED) is 0.222. The van der Waals surface area contributed by atoms with Crippen molar-refractivity contribution >= 4 is 67.1 Å². The molecule has 2 aromatic heterocycles. The van der Waals surface area contributed by atoms with Gasteiger partial charge in [0.15, 0.2) is 4.34 Å². The van der Waals surface area contributed by atoms with Gasteiger partial charge >= 0.3 is 0 Å². The van der Waals surface area contributed by atoms with Crippen molar-refractivity contribution in [3.63, 3.8) is 0 Å². The topological polar surface area (TPSA) is 79.8 Å². The number of benzene rings is 3. The summed E-state index contributed by atoms with van der Waals surface area (Å²) in [4.78, 5) is 17.2. The zero-order valence-electron chi connectivity index (χ0n) is 19.5. The van der Waals surface area contributed by atoms with Crippen LogP contribution in [0, 0.1) is 20.8 Å². The fourth-order valence-electron chi connectivity index (χ4n) is 3.44. The lowest BCUT2D eigenvalue weighted by Crippen LogP contribution is -2.13. The Kier molecular flexibility index (Phi) is 6.81. The standard InChI is InChI=1S/C26H23N5OS3/c1-15-4-11-21-22(12-15)34-24(29-21)18-6-9-19(10-7-18)27-23(32)14-33-26-31-30-25(35-26)28-20-8-5-16(2)17(3)13-20/h4-13H,14H2,1-3H3,(H,27,32)(H,28,30). The van der Waals surface area contributed by atoms with Crippen molar-refractivity contribution in [2.45, 2.75) is 25.1 Å². The van der Waals surface area contributed by atoms with Gasteiger partial charge in [0.1, 0.15) is 5.01 Å². The number of thiazole rings is 1. The number of carbonyl (C=O) groups excluding carboxylic acids is 1. The van der Waals surface area contributed by atoms with Gasteiger partial charge in [0.05, 0.1) is 16.0 Å². The van der Waals surface area contributed by atoms with Crippen LogP contribution in [0.15, 0.2) is 65.0 Å². The number of thioether (sulfide) groups is 1. The van der Waals surface area contributed by atoms with E-state index in [4.69, 9.17) is 4.98 Å². The van der Waals surface area contributed by atoms with Crippen molar-refractivity contribution in [2.24, 2.45) is 0 Å². The first-order valence-corrected chi connectivity index (χ1v) is 13.6. The number of amides is 1. The Hall–Kier alpha value is -3.27. The minimum atomic E-state index is -0.0860. The van der Waals surface area contributed by atoms with Crippen LogP contribution in [0.3, 0.4) is 0 Å². The number of hydrogen-bond acceptors (Lipinski definition) is 8. The molecule has 9 heteroatoms. The van der Waals surface area contributed by atoms with Crippen LogP contribution in [-0.4, -0.2) is 26.8 Å². The van der Waals surface area contributed by atoms with E-state index < -0.39 is 0 Å². The van der Waals surface area contributed by atoms with Gasteiger partial charge < -0.3 is 10.6 Å². The molecule has 176 valence electrons. The molecule has 0 saturated carbocycles. The van der Waals surface area contributed by atoms with Gasteiger partial charge in [-0.2, -0.15) is 0 Å². The van der Waals surface area contributed by atoms with Gasteiger partial charge in [-0.25, -0.2) is 4.98 Å². The summed E-state index contributed by atoms with van der Waals surface area (Å²) in [7, 11) is 0. The SMILES string of the molecule is Cc1ccc2nc(-c3ccc(NC(=O)CSc4nnc(Nc5ccc(C)c(C)c5)s4)cc3)sc2c1. The molecule has 2 N–H and O–H groups in total. The van der Waals surface area contributed by atoms with E-state index in [0.29, 0.717) is 5.13 Å². The fraction of sp³-hybridized carbons (Fsp3) is 0.154. The van der Waals surface area contributed by atoms with Crippen LogP contribution >= 0.6 is 34.4 Å².